The molecular weight excluding hydrogens is 477 g/mol. The first kappa shape index (κ1) is 25.7. The Kier molecular flexibility index (Phi) is 8.34. The van der Waals surface area contributed by atoms with Crippen LogP contribution in [0.1, 0.15) is 21.5 Å². The summed E-state index contributed by atoms with van der Waals surface area (Å²) in [7, 11) is 1.96. The van der Waals surface area contributed by atoms with Gasteiger partial charge in [-0.3, -0.25) is 19.8 Å². The summed E-state index contributed by atoms with van der Waals surface area (Å²) in [6, 6.07) is 7.17. The number of alkyl halides is 4. The molecule has 1 heterocycles. The van der Waals surface area contributed by atoms with Crippen LogP contribution in [0.3, 0.4) is 0 Å². The number of likely N-dealkylation sites (N-methyl/N-ethyl adjacent to an activating group) is 1. The van der Waals surface area contributed by atoms with Crippen LogP contribution < -0.4 is 10.1 Å². The van der Waals surface area contributed by atoms with Gasteiger partial charge in [0.2, 0.25) is 0 Å². The molecule has 0 radical (unpaired) electrons. The summed E-state index contributed by atoms with van der Waals surface area (Å²) in [5.41, 5.74) is -1.33. The number of nitro benzene ring substituents is 1. The lowest BCUT2D eigenvalue weighted by Gasteiger charge is -2.33. The zero-order valence-corrected chi connectivity index (χ0v) is 19.2. The summed E-state index contributed by atoms with van der Waals surface area (Å²) in [6.45, 7) is 3.06. The predicted molar refractivity (Wildman–Crippen MR) is 121 cm³/mol. The van der Waals surface area contributed by atoms with Crippen molar-refractivity contribution in [3.05, 3.63) is 63.2 Å². The molecular formula is C22H24ClF3N4O4. The average Bonchev–Trinajstić information content (AvgIpc) is 2.79. The summed E-state index contributed by atoms with van der Waals surface area (Å²) in [5.74, 6) is -0.729. The Hall–Kier alpha value is -2.89. The van der Waals surface area contributed by atoms with Gasteiger partial charge in [0.25, 0.3) is 5.91 Å². The highest BCUT2D eigenvalue weighted by molar-refractivity contribution is 6.18. The Morgan fingerprint density at radius 2 is 1.88 bits per heavy atom. The number of nitro groups is 1. The Morgan fingerprint density at radius 1 is 1.18 bits per heavy atom. The first-order chi connectivity index (χ1) is 16.1. The lowest BCUT2D eigenvalue weighted by atomic mass is 10.0. The molecule has 1 amide bonds. The standard InChI is InChI=1S/C22H24ClF3N4O4/c1-28-7-9-29(10-8-28)14-16-2-4-17(13-18(16)22(24,25)26)27-21(31)15-3-5-20(34-11-6-23)19(12-15)30(32)33/h2-5,12-13H,6-11,14H2,1H3,(H,27,31). The first-order valence-electron chi connectivity index (χ1n) is 10.5. The van der Waals surface area contributed by atoms with Gasteiger partial charge in [0.15, 0.2) is 5.75 Å². The van der Waals surface area contributed by atoms with E-state index in [0.717, 1.165) is 25.2 Å². The van der Waals surface area contributed by atoms with Crippen molar-refractivity contribution in [2.45, 2.75) is 12.7 Å². The number of anilines is 1. The van der Waals surface area contributed by atoms with E-state index in [-0.39, 0.29) is 41.6 Å². The van der Waals surface area contributed by atoms with Crippen molar-refractivity contribution in [3.63, 3.8) is 0 Å². The number of nitrogens with zero attached hydrogens (tertiary/aromatic N) is 3. The number of hydrogen-bond donors (Lipinski definition) is 1. The zero-order valence-electron chi connectivity index (χ0n) is 18.4. The number of rotatable bonds is 8. The third-order valence-corrected chi connectivity index (χ3v) is 5.57. The van der Waals surface area contributed by atoms with E-state index in [4.69, 9.17) is 16.3 Å². The lowest BCUT2D eigenvalue weighted by Crippen LogP contribution is -2.44. The van der Waals surface area contributed by atoms with Crippen molar-refractivity contribution in [2.24, 2.45) is 0 Å². The van der Waals surface area contributed by atoms with E-state index in [2.05, 4.69) is 10.2 Å². The number of nitrogens with one attached hydrogen (secondary N) is 1. The maximum absolute atomic E-state index is 13.8. The van der Waals surface area contributed by atoms with E-state index < -0.39 is 28.3 Å². The molecule has 1 saturated heterocycles. The lowest BCUT2D eigenvalue weighted by molar-refractivity contribution is -0.385. The molecule has 0 atom stereocenters. The molecule has 2 aromatic carbocycles. The van der Waals surface area contributed by atoms with Gasteiger partial charge in [-0.1, -0.05) is 6.07 Å². The molecule has 2 aromatic rings. The second-order valence-electron chi connectivity index (χ2n) is 7.88. The number of ether oxygens (including phenoxy) is 1. The minimum atomic E-state index is -4.61. The van der Waals surface area contributed by atoms with E-state index >= 15 is 0 Å². The van der Waals surface area contributed by atoms with Crippen LogP contribution in [0, 0.1) is 10.1 Å². The minimum absolute atomic E-state index is 0.0363. The van der Waals surface area contributed by atoms with Crippen LogP contribution in [-0.4, -0.2) is 66.3 Å². The fourth-order valence-corrected chi connectivity index (χ4v) is 3.66. The van der Waals surface area contributed by atoms with Crippen LogP contribution in [0.5, 0.6) is 5.75 Å². The van der Waals surface area contributed by atoms with Gasteiger partial charge in [0.05, 0.1) is 16.4 Å². The molecule has 0 aliphatic carbocycles. The van der Waals surface area contributed by atoms with Gasteiger partial charge >= 0.3 is 11.9 Å². The van der Waals surface area contributed by atoms with E-state index in [0.29, 0.717) is 13.1 Å². The molecule has 0 bridgehead atoms. The number of halogens is 4. The zero-order chi connectivity index (χ0) is 24.9. The molecule has 0 saturated carbocycles. The molecule has 184 valence electrons. The first-order valence-corrected chi connectivity index (χ1v) is 11.0. The number of piperazine rings is 1. The summed E-state index contributed by atoms with van der Waals surface area (Å²) in [4.78, 5) is 27.3. The summed E-state index contributed by atoms with van der Waals surface area (Å²) >= 11 is 5.53. The molecule has 1 N–H and O–H groups in total. The monoisotopic (exact) mass is 500 g/mol. The Labute approximate surface area is 199 Å². The molecule has 1 aliphatic rings. The van der Waals surface area contributed by atoms with Crippen molar-refractivity contribution >= 4 is 28.9 Å². The van der Waals surface area contributed by atoms with Crippen LogP contribution >= 0.6 is 11.6 Å². The fraction of sp³-hybridized carbons (Fsp3) is 0.409. The second-order valence-corrected chi connectivity index (χ2v) is 8.26. The summed E-state index contributed by atoms with van der Waals surface area (Å²) in [5, 5.41) is 13.7. The topological polar surface area (TPSA) is 88.0 Å². The predicted octanol–water partition coefficient (Wildman–Crippen LogP) is 4.23. The second kappa shape index (κ2) is 11.0. The van der Waals surface area contributed by atoms with Crippen LogP contribution in [0.4, 0.5) is 24.5 Å². The highest BCUT2D eigenvalue weighted by Crippen LogP contribution is 2.35. The third-order valence-electron chi connectivity index (χ3n) is 5.42. The van der Waals surface area contributed by atoms with Crippen molar-refractivity contribution in [1.82, 2.24) is 9.80 Å². The van der Waals surface area contributed by atoms with Crippen LogP contribution in [0.2, 0.25) is 0 Å². The van der Waals surface area contributed by atoms with Crippen molar-refractivity contribution in [1.29, 1.82) is 0 Å². The molecule has 0 unspecified atom stereocenters. The highest BCUT2D eigenvalue weighted by atomic mass is 35.5. The maximum atomic E-state index is 13.8. The molecule has 12 heteroatoms. The smallest absolute Gasteiger partial charge is 0.416 e. The number of hydrogen-bond acceptors (Lipinski definition) is 6. The number of amides is 1. The Bertz CT molecular complexity index is 1040. The van der Waals surface area contributed by atoms with Crippen molar-refractivity contribution in [2.75, 3.05) is 51.0 Å². The molecule has 1 fully saturated rings. The van der Waals surface area contributed by atoms with Gasteiger partial charge in [-0.25, -0.2) is 0 Å². The highest BCUT2D eigenvalue weighted by Gasteiger charge is 2.34. The van der Waals surface area contributed by atoms with Gasteiger partial charge in [-0.05, 0) is 36.9 Å². The number of carbonyl (C=O) groups is 1. The normalized spacial score (nSPS) is 15.2. The molecule has 1 aliphatic heterocycles. The number of benzene rings is 2. The quantitative estimate of drug-likeness (QED) is 0.331. The summed E-state index contributed by atoms with van der Waals surface area (Å²) in [6.07, 6.45) is -4.61. The van der Waals surface area contributed by atoms with E-state index in [1.54, 1.807) is 0 Å². The third kappa shape index (κ3) is 6.58. The molecule has 34 heavy (non-hydrogen) atoms. The van der Waals surface area contributed by atoms with E-state index in [1.807, 2.05) is 11.9 Å². The van der Waals surface area contributed by atoms with E-state index in [1.165, 1.54) is 24.3 Å². The Balaban J connectivity index is 1.80. The largest absolute Gasteiger partial charge is 0.486 e. The fourth-order valence-electron chi connectivity index (χ4n) is 3.58. The summed E-state index contributed by atoms with van der Waals surface area (Å²) < 4.78 is 46.5. The van der Waals surface area contributed by atoms with Crippen molar-refractivity contribution < 1.29 is 27.6 Å². The van der Waals surface area contributed by atoms with Gasteiger partial charge < -0.3 is 15.0 Å². The van der Waals surface area contributed by atoms with Gasteiger partial charge in [0.1, 0.15) is 6.61 Å². The molecule has 0 spiro atoms. The van der Waals surface area contributed by atoms with Crippen LogP contribution in [0.15, 0.2) is 36.4 Å². The minimum Gasteiger partial charge on any atom is -0.486 e. The van der Waals surface area contributed by atoms with Crippen LogP contribution in [0.25, 0.3) is 0 Å². The van der Waals surface area contributed by atoms with Crippen molar-refractivity contribution in [3.8, 4) is 5.75 Å². The Morgan fingerprint density at radius 3 is 2.50 bits per heavy atom. The molecule has 8 nitrogen and oxygen atoms in total. The van der Waals surface area contributed by atoms with Gasteiger partial charge in [0, 0.05) is 50.0 Å². The maximum Gasteiger partial charge on any atom is 0.416 e. The van der Waals surface area contributed by atoms with Gasteiger partial charge in [-0.2, -0.15) is 13.2 Å². The van der Waals surface area contributed by atoms with E-state index in [9.17, 15) is 28.1 Å². The molecule has 0 aromatic heterocycles. The van der Waals surface area contributed by atoms with Crippen LogP contribution in [-0.2, 0) is 12.7 Å². The average molecular weight is 501 g/mol. The molecule has 3 rings (SSSR count). The van der Waals surface area contributed by atoms with Gasteiger partial charge in [-0.15, -0.1) is 11.6 Å². The number of carbonyl (C=O) groups excluding carboxylic acids is 1. The SMILES string of the molecule is CN1CCN(Cc2ccc(NC(=O)c3ccc(OCCCl)c([N+](=O)[O-])c3)cc2C(F)(F)F)CC1.